The highest BCUT2D eigenvalue weighted by molar-refractivity contribution is 7.47. The van der Waals surface area contributed by atoms with E-state index in [4.69, 9.17) is 14.8 Å². The minimum absolute atomic E-state index is 0.0677. The van der Waals surface area contributed by atoms with E-state index in [-0.39, 0.29) is 31.3 Å². The van der Waals surface area contributed by atoms with E-state index in [2.05, 4.69) is 31.2 Å². The van der Waals surface area contributed by atoms with Crippen LogP contribution in [0.15, 0.2) is 42.9 Å². The topological polar surface area (TPSA) is 284 Å². The van der Waals surface area contributed by atoms with Crippen LogP contribution in [0.3, 0.4) is 0 Å². The molecule has 2 heterocycles. The number of rotatable bonds is 24. The summed E-state index contributed by atoms with van der Waals surface area (Å²) in [4.78, 5) is 96.8. The van der Waals surface area contributed by atoms with Crippen LogP contribution in [0.2, 0.25) is 0 Å². The number of primary amides is 1. The Kier molecular flexibility index (Phi) is 18.8. The number of hydrogen-bond acceptors (Lipinski definition) is 11. The summed E-state index contributed by atoms with van der Waals surface area (Å²) < 4.78 is 22.8. The number of aliphatic hydroxyl groups excluding tert-OH is 1. The maximum atomic E-state index is 13.7. The summed E-state index contributed by atoms with van der Waals surface area (Å²) in [7, 11) is -4.71. The van der Waals surface area contributed by atoms with Gasteiger partial charge in [0.05, 0.1) is 25.6 Å². The van der Waals surface area contributed by atoms with Crippen LogP contribution in [0.1, 0.15) is 77.5 Å². The molecule has 9 N–H and O–H groups in total. The van der Waals surface area contributed by atoms with Gasteiger partial charge in [0.2, 0.25) is 35.4 Å². The summed E-state index contributed by atoms with van der Waals surface area (Å²) in [6, 6.07) is 3.25. The van der Waals surface area contributed by atoms with Gasteiger partial charge in [-0.2, -0.15) is 0 Å². The number of likely N-dealkylation sites (tertiary alicyclic amines) is 1. The number of nitrogens with one attached hydrogen (secondary N) is 5. The van der Waals surface area contributed by atoms with E-state index in [1.165, 1.54) is 36.8 Å². The van der Waals surface area contributed by atoms with Crippen molar-refractivity contribution in [2.75, 3.05) is 19.8 Å². The number of phosphoric acid groups is 1. The fourth-order valence-electron chi connectivity index (χ4n) is 6.36. The minimum atomic E-state index is -4.71. The van der Waals surface area contributed by atoms with Crippen LogP contribution >= 0.6 is 7.82 Å². The monoisotopic (exact) mass is 820 g/mol. The van der Waals surface area contributed by atoms with E-state index >= 15 is 0 Å². The molecule has 3 rings (SSSR count). The molecule has 7 atom stereocenters. The van der Waals surface area contributed by atoms with Crippen LogP contribution in [0.25, 0.3) is 0 Å². The second-order valence-electron chi connectivity index (χ2n) is 14.4. The van der Waals surface area contributed by atoms with Gasteiger partial charge in [0.15, 0.2) is 0 Å². The number of phosphoric ester groups is 1. The highest BCUT2D eigenvalue weighted by atomic mass is 31.2. The number of nitrogens with zero attached hydrogens (tertiary/aromatic N) is 2. The van der Waals surface area contributed by atoms with Crippen molar-refractivity contribution in [1.29, 1.82) is 0 Å². The van der Waals surface area contributed by atoms with E-state index in [0.717, 1.165) is 12.8 Å². The number of unbranched alkanes of at least 4 members (excludes halogenated alkanes) is 2. The van der Waals surface area contributed by atoms with Gasteiger partial charge in [-0.15, -0.1) is 0 Å². The molecule has 1 aromatic carbocycles. The molecule has 0 radical (unpaired) electrons. The molecule has 1 saturated heterocycles. The van der Waals surface area contributed by atoms with Crippen LogP contribution in [-0.2, 0) is 55.2 Å². The summed E-state index contributed by atoms with van der Waals surface area (Å²) in [5, 5.41) is 20.1. The Bertz CT molecular complexity index is 1680. The van der Waals surface area contributed by atoms with Gasteiger partial charge in [-0.05, 0) is 56.9 Å². The summed E-state index contributed by atoms with van der Waals surface area (Å²) in [5.74, 6) is -4.71. The molecule has 0 aliphatic carbocycles. The van der Waals surface area contributed by atoms with Gasteiger partial charge >= 0.3 is 7.82 Å². The molecule has 0 saturated carbocycles. The van der Waals surface area contributed by atoms with Gasteiger partial charge in [0.25, 0.3) is 0 Å². The Morgan fingerprint density at radius 2 is 1.63 bits per heavy atom. The Morgan fingerprint density at radius 3 is 2.25 bits per heavy atom. The third kappa shape index (κ3) is 15.6. The number of hydrogen-bond donors (Lipinski definition) is 8. The van der Waals surface area contributed by atoms with E-state index in [0.29, 0.717) is 37.9 Å². The highest BCUT2D eigenvalue weighted by Crippen LogP contribution is 2.45. The van der Waals surface area contributed by atoms with E-state index < -0.39 is 80.3 Å². The molecule has 19 nitrogen and oxygen atoms in total. The number of amides is 6. The molecule has 57 heavy (non-hydrogen) atoms. The molecule has 1 aliphatic heterocycles. The van der Waals surface area contributed by atoms with Gasteiger partial charge in [-0.1, -0.05) is 50.6 Å². The number of aliphatic hydroxyl groups is 1. The second-order valence-corrected chi connectivity index (χ2v) is 15.9. The van der Waals surface area contributed by atoms with E-state index in [9.17, 15) is 43.3 Å². The van der Waals surface area contributed by atoms with Crippen LogP contribution < -0.4 is 27.0 Å². The van der Waals surface area contributed by atoms with E-state index in [1.807, 2.05) is 44.2 Å². The number of H-pyrrole nitrogens is 1. The first kappa shape index (κ1) is 46.7. The predicted molar refractivity (Wildman–Crippen MR) is 206 cm³/mol. The first-order chi connectivity index (χ1) is 27.0. The number of aryl methyl sites for hydroxylation is 1. The highest BCUT2D eigenvalue weighted by Gasteiger charge is 2.37. The average Bonchev–Trinajstić information content (AvgIpc) is 3.86. The van der Waals surface area contributed by atoms with Gasteiger partial charge in [-0.25, -0.2) is 9.55 Å². The van der Waals surface area contributed by atoms with Crippen LogP contribution in [0.5, 0.6) is 0 Å². The van der Waals surface area contributed by atoms with Crippen molar-refractivity contribution in [3.63, 3.8) is 0 Å². The van der Waals surface area contributed by atoms with Crippen LogP contribution in [0, 0.1) is 5.92 Å². The normalized spacial score (nSPS) is 17.7. The minimum Gasteiger partial charge on any atom is -0.394 e. The summed E-state index contributed by atoms with van der Waals surface area (Å²) in [6.07, 6.45) is 5.23. The van der Waals surface area contributed by atoms with Crippen LogP contribution in [0.4, 0.5) is 0 Å². The lowest BCUT2D eigenvalue weighted by molar-refractivity contribution is -0.139. The number of imidazole rings is 1. The molecule has 20 heteroatoms. The molecule has 1 aliphatic rings. The maximum Gasteiger partial charge on any atom is 0.472 e. The zero-order valence-electron chi connectivity index (χ0n) is 32.8. The second kappa shape index (κ2) is 22.9. The third-order valence-corrected chi connectivity index (χ3v) is 10.4. The quantitative estimate of drug-likeness (QED) is 0.0527. The van der Waals surface area contributed by atoms with Crippen molar-refractivity contribution >= 4 is 43.3 Å². The molecule has 1 aromatic heterocycles. The molecule has 6 amide bonds. The van der Waals surface area contributed by atoms with Crippen molar-refractivity contribution in [2.24, 2.45) is 11.7 Å². The predicted octanol–water partition coefficient (Wildman–Crippen LogP) is 0.361. The molecular weight excluding hydrogens is 763 g/mol. The number of aromatic nitrogens is 2. The van der Waals surface area contributed by atoms with Crippen molar-refractivity contribution < 1.29 is 52.4 Å². The first-order valence-electron chi connectivity index (χ1n) is 19.1. The van der Waals surface area contributed by atoms with Crippen molar-refractivity contribution in [2.45, 2.75) is 115 Å². The summed E-state index contributed by atoms with van der Waals surface area (Å²) in [6.45, 7) is 5.60. The molecule has 0 spiro atoms. The maximum absolute atomic E-state index is 13.7. The fourth-order valence-corrected chi connectivity index (χ4v) is 7.32. The Labute approximate surface area is 332 Å². The lowest BCUT2D eigenvalue weighted by atomic mass is 10.0. The molecule has 0 bridgehead atoms. The van der Waals surface area contributed by atoms with Gasteiger partial charge in [0.1, 0.15) is 30.2 Å². The Balaban J connectivity index is 1.63. The number of carbonyl (C=O) groups is 6. The summed E-state index contributed by atoms with van der Waals surface area (Å²) >= 11 is 0. The smallest absolute Gasteiger partial charge is 0.394 e. The molecule has 316 valence electrons. The number of nitrogens with two attached hydrogens (primary N) is 1. The Morgan fingerprint density at radius 1 is 0.965 bits per heavy atom. The largest absolute Gasteiger partial charge is 0.472 e. The number of carbonyl (C=O) groups excluding carboxylic acids is 6. The van der Waals surface area contributed by atoms with Gasteiger partial charge in [-0.3, -0.25) is 37.8 Å². The van der Waals surface area contributed by atoms with Crippen molar-refractivity contribution in [3.05, 3.63) is 54.1 Å². The third-order valence-electron chi connectivity index (χ3n) is 9.31. The van der Waals surface area contributed by atoms with Gasteiger partial charge < -0.3 is 46.9 Å². The van der Waals surface area contributed by atoms with Gasteiger partial charge in [0, 0.05) is 31.8 Å². The number of aromatic amines is 1. The standard InChI is InChI=1S/C37H57N8O11P/c1-23(2)18-28(42-37(52)31-15-11-16-45(31)25(4)47)34(49)41-29(19-27-20-39-22-40-27)35(50)43-30(21-46)36(51)44-32(33(38)48)24(3)56-57(53,54)55-17-10-6-9-14-26-12-7-5-8-13-26/h5,7-8,12-13,20,22-24,28-32,46H,6,9-11,14-19,21H2,1-4H3,(H2,38,48)(H,39,40)(H,41,49)(H,42,52)(H,43,50)(H,44,51)(H,53,54). The SMILES string of the molecule is CC(=O)N1CCCC1C(=O)NC(CC(C)C)C(=O)NC(Cc1cnc[nH]1)C(=O)NC(CO)C(=O)NC(C(N)=O)C(C)OP(=O)(O)OCCCCCc1ccccc1. The lowest BCUT2D eigenvalue weighted by Crippen LogP contribution is -2.61. The first-order valence-corrected chi connectivity index (χ1v) is 20.6. The van der Waals surface area contributed by atoms with Crippen LogP contribution in [-0.4, -0.2) is 116 Å². The number of benzene rings is 1. The lowest BCUT2D eigenvalue weighted by Gasteiger charge is -2.28. The average molecular weight is 821 g/mol. The molecule has 7 unspecified atom stereocenters. The molecule has 2 aromatic rings. The summed E-state index contributed by atoms with van der Waals surface area (Å²) in [5.41, 5.74) is 7.08. The molecular formula is C37H57N8O11P. The zero-order valence-corrected chi connectivity index (χ0v) is 33.7. The van der Waals surface area contributed by atoms with E-state index in [1.54, 1.807) is 0 Å². The fraction of sp³-hybridized carbons (Fsp3) is 0.595. The zero-order chi connectivity index (χ0) is 42.1. The Hall–Kier alpha value is -4.68. The molecule has 1 fully saturated rings. The van der Waals surface area contributed by atoms with Crippen molar-refractivity contribution in [3.8, 4) is 0 Å². The van der Waals surface area contributed by atoms with Crippen molar-refractivity contribution in [1.82, 2.24) is 36.1 Å².